The summed E-state index contributed by atoms with van der Waals surface area (Å²) in [4.78, 5) is 0. The maximum atomic E-state index is 13.2. The van der Waals surface area contributed by atoms with Crippen molar-refractivity contribution in [3.63, 3.8) is 0 Å². The first-order chi connectivity index (χ1) is 6.18. The Labute approximate surface area is 73.2 Å². The number of fused-ring (bicyclic) bond motifs is 1. The molecular formula is C7H6BFN2O2. The minimum atomic E-state index is -1.66. The lowest BCUT2D eigenvalue weighted by molar-refractivity contribution is 0.425. The summed E-state index contributed by atoms with van der Waals surface area (Å²) in [5.74, 6) is -0.519. The number of nitrogens with one attached hydrogen (secondary N) is 1. The molecule has 0 unspecified atom stereocenters. The maximum absolute atomic E-state index is 13.2. The monoisotopic (exact) mass is 180 g/mol. The highest BCUT2D eigenvalue weighted by atomic mass is 19.1. The Balaban J connectivity index is 2.70. The lowest BCUT2D eigenvalue weighted by Crippen LogP contribution is -2.30. The quantitative estimate of drug-likeness (QED) is 0.512. The van der Waals surface area contributed by atoms with Crippen LogP contribution in [-0.4, -0.2) is 27.4 Å². The van der Waals surface area contributed by atoms with E-state index in [1.54, 1.807) is 0 Å². The molecule has 66 valence electrons. The van der Waals surface area contributed by atoms with Crippen molar-refractivity contribution < 1.29 is 14.4 Å². The summed E-state index contributed by atoms with van der Waals surface area (Å²) in [6.45, 7) is 0. The topological polar surface area (TPSA) is 69.1 Å². The van der Waals surface area contributed by atoms with Crippen LogP contribution in [0.5, 0.6) is 0 Å². The van der Waals surface area contributed by atoms with E-state index in [1.807, 2.05) is 0 Å². The fourth-order valence-electron chi connectivity index (χ4n) is 1.18. The number of hydrogen-bond acceptors (Lipinski definition) is 3. The van der Waals surface area contributed by atoms with Gasteiger partial charge in [0, 0.05) is 0 Å². The fraction of sp³-hybridized carbons (Fsp3) is 0. The summed E-state index contributed by atoms with van der Waals surface area (Å²) in [7, 11) is -1.66. The molecule has 13 heavy (non-hydrogen) atoms. The van der Waals surface area contributed by atoms with Crippen molar-refractivity contribution in [3.05, 3.63) is 24.1 Å². The van der Waals surface area contributed by atoms with Gasteiger partial charge in [-0.2, -0.15) is 5.10 Å². The summed E-state index contributed by atoms with van der Waals surface area (Å²) in [5, 5.41) is 24.1. The van der Waals surface area contributed by atoms with Crippen molar-refractivity contribution in [1.82, 2.24) is 10.2 Å². The second kappa shape index (κ2) is 2.83. The normalized spacial score (nSPS) is 10.7. The smallest absolute Gasteiger partial charge is 0.423 e. The van der Waals surface area contributed by atoms with Crippen molar-refractivity contribution in [2.24, 2.45) is 0 Å². The van der Waals surface area contributed by atoms with E-state index in [0.717, 1.165) is 6.07 Å². The predicted octanol–water partition coefficient (Wildman–Crippen LogP) is -0.618. The Morgan fingerprint density at radius 3 is 2.85 bits per heavy atom. The van der Waals surface area contributed by atoms with Crippen molar-refractivity contribution >= 4 is 23.5 Å². The number of halogens is 1. The summed E-state index contributed by atoms with van der Waals surface area (Å²) < 4.78 is 13.2. The summed E-state index contributed by atoms with van der Waals surface area (Å²) in [5.41, 5.74) is 0.553. The molecule has 1 aromatic heterocycles. The second-order valence-corrected chi connectivity index (χ2v) is 2.71. The minimum absolute atomic E-state index is 0.106. The standard InChI is InChI=1S/C7H6BFN2O2/c9-6-1-4(8(12)13)2-7-5(6)3-10-11-7/h1-3,12-13H,(H,10,11). The maximum Gasteiger partial charge on any atom is 0.488 e. The van der Waals surface area contributed by atoms with Crippen LogP contribution in [0.1, 0.15) is 0 Å². The van der Waals surface area contributed by atoms with Crippen LogP contribution in [0.3, 0.4) is 0 Å². The molecule has 0 bridgehead atoms. The molecule has 0 spiro atoms. The Morgan fingerprint density at radius 2 is 2.15 bits per heavy atom. The van der Waals surface area contributed by atoms with Gasteiger partial charge >= 0.3 is 7.12 Å². The molecule has 2 rings (SSSR count). The zero-order valence-corrected chi connectivity index (χ0v) is 6.53. The minimum Gasteiger partial charge on any atom is -0.423 e. The van der Waals surface area contributed by atoms with Crippen LogP contribution in [0.25, 0.3) is 10.9 Å². The van der Waals surface area contributed by atoms with E-state index in [0.29, 0.717) is 10.9 Å². The molecule has 2 aromatic rings. The Hall–Kier alpha value is -1.40. The molecule has 0 atom stereocenters. The van der Waals surface area contributed by atoms with E-state index in [2.05, 4.69) is 10.2 Å². The summed E-state index contributed by atoms with van der Waals surface area (Å²) in [6.07, 6.45) is 1.35. The molecule has 0 amide bonds. The number of H-pyrrole nitrogens is 1. The zero-order valence-electron chi connectivity index (χ0n) is 6.53. The molecule has 6 heteroatoms. The fourth-order valence-corrected chi connectivity index (χ4v) is 1.18. The molecular weight excluding hydrogens is 174 g/mol. The van der Waals surface area contributed by atoms with Gasteiger partial charge in [0.05, 0.1) is 17.1 Å². The van der Waals surface area contributed by atoms with Gasteiger partial charge in [-0.3, -0.25) is 5.10 Å². The highest BCUT2D eigenvalue weighted by Gasteiger charge is 2.14. The number of rotatable bonds is 1. The van der Waals surface area contributed by atoms with Crippen molar-refractivity contribution in [2.75, 3.05) is 0 Å². The molecule has 1 aromatic carbocycles. The average molecular weight is 180 g/mol. The largest absolute Gasteiger partial charge is 0.488 e. The van der Waals surface area contributed by atoms with Gasteiger partial charge in [-0.05, 0) is 17.6 Å². The molecule has 0 aliphatic rings. The summed E-state index contributed by atoms with van der Waals surface area (Å²) in [6, 6.07) is 2.51. The van der Waals surface area contributed by atoms with E-state index in [4.69, 9.17) is 10.0 Å². The first-order valence-corrected chi connectivity index (χ1v) is 3.67. The van der Waals surface area contributed by atoms with E-state index in [1.165, 1.54) is 12.3 Å². The molecule has 0 saturated heterocycles. The van der Waals surface area contributed by atoms with Crippen molar-refractivity contribution in [2.45, 2.75) is 0 Å². The first kappa shape index (κ1) is 8.21. The molecule has 0 radical (unpaired) electrons. The van der Waals surface area contributed by atoms with E-state index < -0.39 is 12.9 Å². The lowest BCUT2D eigenvalue weighted by Gasteiger charge is -1.99. The number of hydrogen-bond donors (Lipinski definition) is 3. The van der Waals surface area contributed by atoms with Gasteiger partial charge in [-0.15, -0.1) is 0 Å². The zero-order chi connectivity index (χ0) is 9.42. The van der Waals surface area contributed by atoms with Crippen LogP contribution in [0, 0.1) is 5.82 Å². The van der Waals surface area contributed by atoms with Crippen LogP contribution in [-0.2, 0) is 0 Å². The third kappa shape index (κ3) is 1.30. The van der Waals surface area contributed by atoms with Crippen molar-refractivity contribution in [3.8, 4) is 0 Å². The van der Waals surface area contributed by atoms with Gasteiger partial charge in [0.25, 0.3) is 0 Å². The highest BCUT2D eigenvalue weighted by Crippen LogP contribution is 2.12. The van der Waals surface area contributed by atoms with Crippen molar-refractivity contribution in [1.29, 1.82) is 0 Å². The van der Waals surface area contributed by atoms with Gasteiger partial charge in [0.2, 0.25) is 0 Å². The van der Waals surface area contributed by atoms with Gasteiger partial charge in [-0.1, -0.05) is 0 Å². The summed E-state index contributed by atoms with van der Waals surface area (Å²) >= 11 is 0. The first-order valence-electron chi connectivity index (χ1n) is 3.67. The SMILES string of the molecule is OB(O)c1cc(F)c2cn[nH]c2c1. The third-order valence-corrected chi connectivity index (χ3v) is 1.83. The van der Waals surface area contributed by atoms with Gasteiger partial charge in [0.15, 0.2) is 0 Å². The highest BCUT2D eigenvalue weighted by molar-refractivity contribution is 6.58. The molecule has 1 heterocycles. The van der Waals surface area contributed by atoms with E-state index >= 15 is 0 Å². The Morgan fingerprint density at radius 1 is 1.38 bits per heavy atom. The van der Waals surface area contributed by atoms with Crippen LogP contribution in [0.15, 0.2) is 18.3 Å². The lowest BCUT2D eigenvalue weighted by atomic mass is 9.80. The molecule has 3 N–H and O–H groups in total. The third-order valence-electron chi connectivity index (χ3n) is 1.83. The number of aromatic nitrogens is 2. The molecule has 0 aliphatic heterocycles. The molecule has 0 saturated carbocycles. The number of benzene rings is 1. The van der Waals surface area contributed by atoms with Gasteiger partial charge < -0.3 is 10.0 Å². The van der Waals surface area contributed by atoms with Gasteiger partial charge in [0.1, 0.15) is 5.82 Å². The molecule has 0 fully saturated rings. The Bertz CT molecular complexity index is 443. The van der Waals surface area contributed by atoms with Crippen LogP contribution in [0.4, 0.5) is 4.39 Å². The Kier molecular flexibility index (Phi) is 1.79. The number of aromatic amines is 1. The van der Waals surface area contributed by atoms with Crippen LogP contribution < -0.4 is 5.46 Å². The second-order valence-electron chi connectivity index (χ2n) is 2.71. The molecule has 0 aliphatic carbocycles. The number of nitrogens with zero attached hydrogens (tertiary/aromatic N) is 1. The van der Waals surface area contributed by atoms with Crippen LogP contribution >= 0.6 is 0 Å². The molecule has 4 nitrogen and oxygen atoms in total. The van der Waals surface area contributed by atoms with E-state index in [9.17, 15) is 4.39 Å². The predicted molar refractivity (Wildman–Crippen MR) is 45.9 cm³/mol. The van der Waals surface area contributed by atoms with Crippen LogP contribution in [0.2, 0.25) is 0 Å². The van der Waals surface area contributed by atoms with Gasteiger partial charge in [-0.25, -0.2) is 4.39 Å². The van der Waals surface area contributed by atoms with E-state index in [-0.39, 0.29) is 5.46 Å². The average Bonchev–Trinajstić information content (AvgIpc) is 2.51.